The summed E-state index contributed by atoms with van der Waals surface area (Å²) in [6.07, 6.45) is -0.694. The lowest BCUT2D eigenvalue weighted by Gasteiger charge is -2.13. The van der Waals surface area contributed by atoms with E-state index in [2.05, 4.69) is 15.4 Å². The van der Waals surface area contributed by atoms with E-state index in [-0.39, 0.29) is 37.5 Å². The van der Waals surface area contributed by atoms with Crippen LogP contribution in [-0.4, -0.2) is 17.8 Å². The number of hydrogen-bond donors (Lipinski definition) is 2. The number of amides is 1. The van der Waals surface area contributed by atoms with Gasteiger partial charge >= 0.3 is 6.09 Å². The van der Waals surface area contributed by atoms with Gasteiger partial charge < -0.3 is 10.1 Å². The van der Waals surface area contributed by atoms with E-state index in [9.17, 15) is 4.79 Å². The number of ether oxygens (including phenoxy) is 1. The molecule has 2 N–H and O–H groups in total. The number of benzene rings is 1. The molecule has 1 aromatic rings. The van der Waals surface area contributed by atoms with Crippen molar-refractivity contribution in [2.45, 2.75) is 6.92 Å². The SMILES string of the molecule is CCOC(=O)NC(=S)Nc1c(Cl)c(Cl)cc(Cl)c1Cl. The van der Waals surface area contributed by atoms with E-state index in [4.69, 9.17) is 58.6 Å². The van der Waals surface area contributed by atoms with Gasteiger partial charge in [0.05, 0.1) is 32.4 Å². The van der Waals surface area contributed by atoms with Gasteiger partial charge in [0.25, 0.3) is 0 Å². The summed E-state index contributed by atoms with van der Waals surface area (Å²) in [6.45, 7) is 1.89. The van der Waals surface area contributed by atoms with Gasteiger partial charge in [-0.3, -0.25) is 5.32 Å². The molecule has 0 aliphatic carbocycles. The minimum Gasteiger partial charge on any atom is -0.450 e. The maximum Gasteiger partial charge on any atom is 0.413 e. The molecule has 0 aromatic heterocycles. The average Bonchev–Trinajstić information content (AvgIpc) is 2.32. The first-order valence-corrected chi connectivity index (χ1v) is 6.86. The van der Waals surface area contributed by atoms with Gasteiger partial charge in [-0.25, -0.2) is 4.79 Å². The maximum absolute atomic E-state index is 11.2. The van der Waals surface area contributed by atoms with Gasteiger partial charge in [-0.05, 0) is 25.2 Å². The summed E-state index contributed by atoms with van der Waals surface area (Å²) in [5, 5.41) is 5.57. The highest BCUT2D eigenvalue weighted by Crippen LogP contribution is 2.40. The highest BCUT2D eigenvalue weighted by molar-refractivity contribution is 7.80. The molecule has 1 rings (SSSR count). The predicted molar refractivity (Wildman–Crippen MR) is 82.9 cm³/mol. The summed E-state index contributed by atoms with van der Waals surface area (Å²) in [6, 6.07) is 1.40. The second-order valence-electron chi connectivity index (χ2n) is 3.14. The lowest BCUT2D eigenvalue weighted by Crippen LogP contribution is -2.34. The monoisotopic (exact) mass is 360 g/mol. The standard InChI is InChI=1S/C10H8Cl4N2O2S/c1-2-18-10(17)16-9(19)15-8-6(13)4(11)3-5(12)7(8)14/h3H,2H2,1H3,(H2,15,16,17,19). The van der Waals surface area contributed by atoms with E-state index in [1.54, 1.807) is 6.92 Å². The summed E-state index contributed by atoms with van der Waals surface area (Å²) in [7, 11) is 0. The third kappa shape index (κ3) is 4.54. The molecule has 104 valence electrons. The van der Waals surface area contributed by atoms with E-state index in [1.807, 2.05) is 0 Å². The molecule has 0 fully saturated rings. The summed E-state index contributed by atoms with van der Waals surface area (Å²) in [5.74, 6) is 0. The first-order chi connectivity index (χ1) is 8.86. The van der Waals surface area contributed by atoms with Crippen LogP contribution in [0.3, 0.4) is 0 Å². The van der Waals surface area contributed by atoms with Gasteiger partial charge in [0.15, 0.2) is 5.11 Å². The minimum atomic E-state index is -0.694. The van der Waals surface area contributed by atoms with Crippen LogP contribution >= 0.6 is 58.6 Å². The molecular weight excluding hydrogens is 354 g/mol. The molecule has 0 atom stereocenters. The van der Waals surface area contributed by atoms with Crippen molar-refractivity contribution in [2.24, 2.45) is 0 Å². The Bertz CT molecular complexity index is 498. The normalized spacial score (nSPS) is 9.95. The lowest BCUT2D eigenvalue weighted by molar-refractivity contribution is 0.158. The van der Waals surface area contributed by atoms with Crippen LogP contribution in [0, 0.1) is 0 Å². The average molecular weight is 362 g/mol. The molecule has 4 nitrogen and oxygen atoms in total. The molecule has 0 saturated heterocycles. The number of nitrogens with one attached hydrogen (secondary N) is 2. The topological polar surface area (TPSA) is 50.4 Å². The van der Waals surface area contributed by atoms with Gasteiger partial charge in [-0.15, -0.1) is 0 Å². The van der Waals surface area contributed by atoms with Crippen LogP contribution < -0.4 is 10.6 Å². The second-order valence-corrected chi connectivity index (χ2v) is 5.12. The van der Waals surface area contributed by atoms with Crippen molar-refractivity contribution < 1.29 is 9.53 Å². The van der Waals surface area contributed by atoms with Crippen molar-refractivity contribution in [3.8, 4) is 0 Å². The zero-order valence-electron chi connectivity index (χ0n) is 9.52. The number of hydrogen-bond acceptors (Lipinski definition) is 3. The Morgan fingerprint density at radius 2 is 1.79 bits per heavy atom. The van der Waals surface area contributed by atoms with Crippen molar-refractivity contribution in [2.75, 3.05) is 11.9 Å². The van der Waals surface area contributed by atoms with Crippen LogP contribution in [0.1, 0.15) is 6.92 Å². The van der Waals surface area contributed by atoms with Gasteiger partial charge in [0, 0.05) is 0 Å². The van der Waals surface area contributed by atoms with E-state index in [0.29, 0.717) is 0 Å². The molecule has 0 heterocycles. The molecule has 0 aliphatic heterocycles. The fourth-order valence-electron chi connectivity index (χ4n) is 1.09. The zero-order chi connectivity index (χ0) is 14.6. The number of carbonyl (C=O) groups is 1. The van der Waals surface area contributed by atoms with Crippen molar-refractivity contribution in [1.29, 1.82) is 0 Å². The summed E-state index contributed by atoms with van der Waals surface area (Å²) < 4.78 is 4.66. The van der Waals surface area contributed by atoms with E-state index in [1.165, 1.54) is 6.07 Å². The Labute approximate surface area is 135 Å². The number of rotatable bonds is 2. The van der Waals surface area contributed by atoms with Gasteiger partial charge in [0.1, 0.15) is 0 Å². The largest absolute Gasteiger partial charge is 0.450 e. The molecule has 9 heteroatoms. The first kappa shape index (κ1) is 16.6. The Kier molecular flexibility index (Phi) is 6.42. The third-order valence-electron chi connectivity index (χ3n) is 1.84. The molecule has 0 aliphatic rings. The zero-order valence-corrected chi connectivity index (χ0v) is 13.4. The highest BCUT2D eigenvalue weighted by Gasteiger charge is 2.16. The smallest absolute Gasteiger partial charge is 0.413 e. The van der Waals surface area contributed by atoms with E-state index >= 15 is 0 Å². The molecular formula is C10H8Cl4N2O2S. The van der Waals surface area contributed by atoms with Gasteiger partial charge in [-0.1, -0.05) is 46.4 Å². The van der Waals surface area contributed by atoms with Crippen LogP contribution in [0.2, 0.25) is 20.1 Å². The van der Waals surface area contributed by atoms with Crippen LogP contribution in [0.15, 0.2) is 6.07 Å². The Hall–Kier alpha value is -0.460. The summed E-state index contributed by atoms with van der Waals surface area (Å²) >= 11 is 28.6. The molecule has 0 spiro atoms. The Morgan fingerprint density at radius 3 is 2.26 bits per heavy atom. The molecule has 19 heavy (non-hydrogen) atoms. The number of alkyl carbamates (subject to hydrolysis) is 1. The number of halogens is 4. The van der Waals surface area contributed by atoms with Crippen molar-refractivity contribution >= 4 is 75.5 Å². The Morgan fingerprint density at radius 1 is 1.26 bits per heavy atom. The van der Waals surface area contributed by atoms with Crippen molar-refractivity contribution in [1.82, 2.24) is 5.32 Å². The van der Waals surface area contributed by atoms with Crippen LogP contribution in [-0.2, 0) is 4.74 Å². The predicted octanol–water partition coefficient (Wildman–Crippen LogP) is 4.74. The van der Waals surface area contributed by atoms with Gasteiger partial charge in [-0.2, -0.15) is 0 Å². The quantitative estimate of drug-likeness (QED) is 0.589. The molecule has 0 unspecified atom stereocenters. The minimum absolute atomic E-state index is 0.0411. The van der Waals surface area contributed by atoms with Crippen LogP contribution in [0.25, 0.3) is 0 Å². The molecule has 0 bridgehead atoms. The third-order valence-corrected chi connectivity index (χ3v) is 3.62. The fourth-order valence-corrected chi connectivity index (χ4v) is 2.18. The number of anilines is 1. The van der Waals surface area contributed by atoms with E-state index in [0.717, 1.165) is 0 Å². The van der Waals surface area contributed by atoms with Crippen LogP contribution in [0.5, 0.6) is 0 Å². The Balaban J connectivity index is 2.88. The molecule has 0 saturated carbocycles. The maximum atomic E-state index is 11.2. The fraction of sp³-hybridized carbons (Fsp3) is 0.200. The van der Waals surface area contributed by atoms with E-state index < -0.39 is 6.09 Å². The highest BCUT2D eigenvalue weighted by atomic mass is 35.5. The van der Waals surface area contributed by atoms with Crippen molar-refractivity contribution in [3.05, 3.63) is 26.2 Å². The summed E-state index contributed by atoms with van der Waals surface area (Å²) in [4.78, 5) is 11.2. The second kappa shape index (κ2) is 7.36. The summed E-state index contributed by atoms with van der Waals surface area (Å²) in [5.41, 5.74) is 0.211. The lowest BCUT2D eigenvalue weighted by atomic mass is 10.3. The molecule has 0 radical (unpaired) electrons. The number of carbonyl (C=O) groups excluding carboxylic acids is 1. The molecule has 1 aromatic carbocycles. The van der Waals surface area contributed by atoms with Crippen LogP contribution in [0.4, 0.5) is 10.5 Å². The first-order valence-electron chi connectivity index (χ1n) is 4.94. The van der Waals surface area contributed by atoms with Crippen molar-refractivity contribution in [3.63, 3.8) is 0 Å². The number of thiocarbonyl (C=S) groups is 1. The van der Waals surface area contributed by atoms with Gasteiger partial charge in [0.2, 0.25) is 0 Å². The molecule has 1 amide bonds.